The Kier molecular flexibility index (Phi) is 7.95. The molecule has 0 aliphatic carbocycles. The summed E-state index contributed by atoms with van der Waals surface area (Å²) in [6.45, 7) is 8.10. The van der Waals surface area contributed by atoms with Crippen LogP contribution in [0.3, 0.4) is 0 Å². The number of rotatable bonds is 8. The molecule has 30 heavy (non-hydrogen) atoms. The minimum Gasteiger partial charge on any atom is -0.317 e. The van der Waals surface area contributed by atoms with Crippen LogP contribution in [0.15, 0.2) is 29.2 Å². The number of sulfonamides is 1. The van der Waals surface area contributed by atoms with E-state index in [1.807, 2.05) is 12.1 Å². The van der Waals surface area contributed by atoms with Gasteiger partial charge in [0.2, 0.25) is 10.0 Å². The molecule has 170 valence electrons. The zero-order valence-electron chi connectivity index (χ0n) is 18.1. The zero-order valence-corrected chi connectivity index (χ0v) is 19.7. The second-order valence-electron chi connectivity index (χ2n) is 8.67. The predicted octanol–water partition coefficient (Wildman–Crippen LogP) is 1.67. The van der Waals surface area contributed by atoms with Gasteiger partial charge in [0.05, 0.1) is 16.4 Å². The Morgan fingerprint density at radius 1 is 1.10 bits per heavy atom. The summed E-state index contributed by atoms with van der Waals surface area (Å²) in [5.41, 5.74) is 1.13. The molecule has 0 unspecified atom stereocenters. The Labute approximate surface area is 181 Å². The van der Waals surface area contributed by atoms with E-state index in [2.05, 4.69) is 24.1 Å². The van der Waals surface area contributed by atoms with Gasteiger partial charge in [-0.15, -0.1) is 0 Å². The SMILES string of the molecule is CC(C)c1ccc(S(=O)(=O)N(CCCN2CCS(=O)(=O)CC2)C2CCNCC2)cc1. The highest BCUT2D eigenvalue weighted by Crippen LogP contribution is 2.25. The smallest absolute Gasteiger partial charge is 0.243 e. The Hall–Kier alpha value is -1.00. The van der Waals surface area contributed by atoms with E-state index in [9.17, 15) is 16.8 Å². The standard InChI is InChI=1S/C21H35N3O4S2/c1-18(2)19-4-6-21(7-5-19)30(27,28)24(20-8-10-22-11-9-20)13-3-12-23-14-16-29(25,26)17-15-23/h4-7,18,20,22H,3,8-17H2,1-2H3. The summed E-state index contributed by atoms with van der Waals surface area (Å²) in [6, 6.07) is 7.28. The van der Waals surface area contributed by atoms with E-state index in [1.165, 1.54) is 0 Å². The summed E-state index contributed by atoms with van der Waals surface area (Å²) in [4.78, 5) is 2.49. The summed E-state index contributed by atoms with van der Waals surface area (Å²) in [5, 5.41) is 3.31. The Morgan fingerprint density at radius 2 is 1.70 bits per heavy atom. The molecule has 9 heteroatoms. The van der Waals surface area contributed by atoms with E-state index in [4.69, 9.17) is 0 Å². The highest BCUT2D eigenvalue weighted by molar-refractivity contribution is 7.91. The van der Waals surface area contributed by atoms with Crippen molar-refractivity contribution in [3.63, 3.8) is 0 Å². The van der Waals surface area contributed by atoms with Crippen molar-refractivity contribution in [2.75, 3.05) is 50.8 Å². The molecule has 3 rings (SSSR count). The predicted molar refractivity (Wildman–Crippen MR) is 120 cm³/mol. The number of hydrogen-bond donors (Lipinski definition) is 1. The molecule has 0 amide bonds. The molecule has 2 saturated heterocycles. The highest BCUT2D eigenvalue weighted by atomic mass is 32.2. The minimum absolute atomic E-state index is 0.00255. The molecule has 1 N–H and O–H groups in total. The van der Waals surface area contributed by atoms with Gasteiger partial charge in [-0.05, 0) is 62.5 Å². The zero-order chi connectivity index (χ0) is 21.8. The van der Waals surface area contributed by atoms with Crippen LogP contribution in [0.5, 0.6) is 0 Å². The van der Waals surface area contributed by atoms with Crippen molar-refractivity contribution >= 4 is 19.9 Å². The summed E-state index contributed by atoms with van der Waals surface area (Å²) in [5.74, 6) is 0.757. The van der Waals surface area contributed by atoms with Gasteiger partial charge in [0.15, 0.2) is 9.84 Å². The average molecular weight is 458 g/mol. The van der Waals surface area contributed by atoms with Crippen LogP contribution in [-0.4, -0.2) is 82.9 Å². The Balaban J connectivity index is 1.70. The molecule has 1 aromatic rings. The maximum Gasteiger partial charge on any atom is 0.243 e. The lowest BCUT2D eigenvalue weighted by molar-refractivity contribution is 0.235. The molecular weight excluding hydrogens is 422 g/mol. The fourth-order valence-corrected chi connectivity index (χ4v) is 7.18. The minimum atomic E-state index is -3.57. The van der Waals surface area contributed by atoms with Crippen molar-refractivity contribution in [3.8, 4) is 0 Å². The molecule has 1 aromatic carbocycles. The highest BCUT2D eigenvalue weighted by Gasteiger charge is 2.32. The average Bonchev–Trinajstić information content (AvgIpc) is 2.73. The lowest BCUT2D eigenvalue weighted by Gasteiger charge is -2.34. The monoisotopic (exact) mass is 457 g/mol. The third kappa shape index (κ3) is 6.03. The van der Waals surface area contributed by atoms with Gasteiger partial charge < -0.3 is 10.2 Å². The van der Waals surface area contributed by atoms with Crippen molar-refractivity contribution in [2.24, 2.45) is 0 Å². The number of nitrogens with zero attached hydrogens (tertiary/aromatic N) is 2. The largest absolute Gasteiger partial charge is 0.317 e. The van der Waals surface area contributed by atoms with Crippen molar-refractivity contribution < 1.29 is 16.8 Å². The Morgan fingerprint density at radius 3 is 2.27 bits per heavy atom. The molecule has 0 atom stereocenters. The summed E-state index contributed by atoms with van der Waals surface area (Å²) in [7, 11) is -6.47. The topological polar surface area (TPSA) is 86.8 Å². The number of hydrogen-bond acceptors (Lipinski definition) is 6. The third-order valence-electron chi connectivity index (χ3n) is 6.16. The summed E-state index contributed by atoms with van der Waals surface area (Å²) < 4.78 is 51.9. The lowest BCUT2D eigenvalue weighted by Crippen LogP contribution is -2.47. The maximum absolute atomic E-state index is 13.5. The molecule has 7 nitrogen and oxygen atoms in total. The molecule has 2 aliphatic rings. The van der Waals surface area contributed by atoms with Crippen LogP contribution < -0.4 is 5.32 Å². The molecule has 0 radical (unpaired) electrons. The molecule has 2 heterocycles. The second-order valence-corrected chi connectivity index (χ2v) is 12.9. The van der Waals surface area contributed by atoms with Crippen LogP contribution in [0.1, 0.15) is 44.6 Å². The first-order valence-electron chi connectivity index (χ1n) is 10.9. The second kappa shape index (κ2) is 10.1. The maximum atomic E-state index is 13.5. The molecule has 2 aliphatic heterocycles. The van der Waals surface area contributed by atoms with E-state index in [0.717, 1.165) is 38.0 Å². The lowest BCUT2D eigenvalue weighted by atomic mass is 10.0. The van der Waals surface area contributed by atoms with Crippen molar-refractivity contribution in [1.29, 1.82) is 0 Å². The van der Waals surface area contributed by atoms with Crippen molar-refractivity contribution in [2.45, 2.75) is 50.0 Å². The first-order valence-corrected chi connectivity index (χ1v) is 14.2. The van der Waals surface area contributed by atoms with Crippen LogP contribution in [0.25, 0.3) is 0 Å². The van der Waals surface area contributed by atoms with Gasteiger partial charge >= 0.3 is 0 Å². The van der Waals surface area contributed by atoms with Crippen LogP contribution in [-0.2, 0) is 19.9 Å². The van der Waals surface area contributed by atoms with Gasteiger partial charge in [0.1, 0.15) is 0 Å². The van der Waals surface area contributed by atoms with Gasteiger partial charge in [-0.3, -0.25) is 0 Å². The molecule has 0 bridgehead atoms. The molecule has 0 aromatic heterocycles. The van der Waals surface area contributed by atoms with Crippen molar-refractivity contribution in [3.05, 3.63) is 29.8 Å². The summed E-state index contributed by atoms with van der Waals surface area (Å²) in [6.07, 6.45) is 2.32. The van der Waals surface area contributed by atoms with Gasteiger partial charge in [-0.25, -0.2) is 16.8 Å². The van der Waals surface area contributed by atoms with Gasteiger partial charge in [-0.2, -0.15) is 4.31 Å². The summed E-state index contributed by atoms with van der Waals surface area (Å²) >= 11 is 0. The fourth-order valence-electron chi connectivity index (χ4n) is 4.18. The Bertz CT molecular complexity index is 879. The van der Waals surface area contributed by atoms with E-state index < -0.39 is 19.9 Å². The first-order chi connectivity index (χ1) is 14.2. The first kappa shape index (κ1) is 23.7. The molecular formula is C21H35N3O4S2. The van der Waals surface area contributed by atoms with E-state index in [0.29, 0.717) is 36.9 Å². The molecule has 0 spiro atoms. The van der Waals surface area contributed by atoms with Gasteiger partial charge in [0.25, 0.3) is 0 Å². The molecule has 2 fully saturated rings. The van der Waals surface area contributed by atoms with Gasteiger partial charge in [-0.1, -0.05) is 26.0 Å². The molecule has 0 saturated carbocycles. The van der Waals surface area contributed by atoms with Gasteiger partial charge in [0, 0.05) is 25.7 Å². The fraction of sp³-hybridized carbons (Fsp3) is 0.714. The van der Waals surface area contributed by atoms with Crippen molar-refractivity contribution in [1.82, 2.24) is 14.5 Å². The van der Waals surface area contributed by atoms with Crippen LogP contribution in [0.2, 0.25) is 0 Å². The number of nitrogens with one attached hydrogen (secondary N) is 1. The van der Waals surface area contributed by atoms with E-state index >= 15 is 0 Å². The van der Waals surface area contributed by atoms with E-state index in [-0.39, 0.29) is 17.5 Å². The number of benzene rings is 1. The number of sulfone groups is 1. The van der Waals surface area contributed by atoms with Crippen LogP contribution in [0, 0.1) is 0 Å². The quantitative estimate of drug-likeness (QED) is 0.639. The third-order valence-corrected chi connectivity index (χ3v) is 9.73. The normalized spacial score (nSPS) is 21.3. The van der Waals surface area contributed by atoms with Crippen LogP contribution >= 0.6 is 0 Å². The van der Waals surface area contributed by atoms with Crippen LogP contribution in [0.4, 0.5) is 0 Å². The van der Waals surface area contributed by atoms with E-state index in [1.54, 1.807) is 16.4 Å². The number of piperidine rings is 1.